The van der Waals surface area contributed by atoms with E-state index in [0.717, 1.165) is 34.7 Å². The fraction of sp³-hybridized carbons (Fsp3) is 0.125. The molecule has 5 heteroatoms. The minimum absolute atomic E-state index is 0.126. The summed E-state index contributed by atoms with van der Waals surface area (Å²) in [6.07, 6.45) is 1.88. The molecular formula is C16H16N4O. The standard InChI is InChI=1S/C16H16N4O/c1-11-2-3-12(9-17-11)10-18-14-6-4-13(5-7-14)15-8-16(21)20-19-15/h2-9,18H,10H2,1H3,(H2,19,20,21). The number of aromatic nitrogens is 3. The molecule has 0 bridgehead atoms. The Hall–Kier alpha value is -2.82. The van der Waals surface area contributed by atoms with E-state index >= 15 is 0 Å². The first-order valence-electron chi connectivity index (χ1n) is 6.74. The van der Waals surface area contributed by atoms with Crippen molar-refractivity contribution >= 4 is 5.69 Å². The van der Waals surface area contributed by atoms with Gasteiger partial charge in [0, 0.05) is 30.2 Å². The smallest absolute Gasteiger partial charge is 0.264 e. The molecule has 0 radical (unpaired) electrons. The number of anilines is 1. The highest BCUT2D eigenvalue weighted by Gasteiger charge is 2.01. The van der Waals surface area contributed by atoms with Crippen molar-refractivity contribution in [1.29, 1.82) is 0 Å². The van der Waals surface area contributed by atoms with Crippen LogP contribution in [0.25, 0.3) is 11.3 Å². The largest absolute Gasteiger partial charge is 0.381 e. The van der Waals surface area contributed by atoms with Crippen LogP contribution in [0.5, 0.6) is 0 Å². The number of nitrogens with one attached hydrogen (secondary N) is 3. The molecule has 0 aliphatic carbocycles. The van der Waals surface area contributed by atoms with Gasteiger partial charge in [0.05, 0.1) is 5.69 Å². The molecule has 3 rings (SSSR count). The Bertz CT molecular complexity index is 769. The third kappa shape index (κ3) is 3.20. The van der Waals surface area contributed by atoms with Crippen LogP contribution in [-0.4, -0.2) is 15.2 Å². The summed E-state index contributed by atoms with van der Waals surface area (Å²) in [7, 11) is 0. The van der Waals surface area contributed by atoms with Crippen LogP contribution < -0.4 is 10.9 Å². The number of nitrogens with zero attached hydrogens (tertiary/aromatic N) is 1. The molecule has 3 aromatic rings. The SMILES string of the molecule is Cc1ccc(CNc2ccc(-c3cc(=O)[nH][nH]3)cc2)cn1. The van der Waals surface area contributed by atoms with Crippen molar-refractivity contribution in [1.82, 2.24) is 15.2 Å². The molecule has 106 valence electrons. The lowest BCUT2D eigenvalue weighted by Gasteiger charge is -2.07. The molecular weight excluding hydrogens is 264 g/mol. The lowest BCUT2D eigenvalue weighted by molar-refractivity contribution is 1.06. The highest BCUT2D eigenvalue weighted by Crippen LogP contribution is 2.18. The molecule has 0 saturated heterocycles. The first kappa shape index (κ1) is 13.2. The second-order valence-corrected chi connectivity index (χ2v) is 4.91. The van der Waals surface area contributed by atoms with Crippen molar-refractivity contribution in [2.45, 2.75) is 13.5 Å². The summed E-state index contributed by atoms with van der Waals surface area (Å²) in [5, 5.41) is 8.71. The Morgan fingerprint density at radius 2 is 1.90 bits per heavy atom. The number of H-pyrrole nitrogens is 2. The van der Waals surface area contributed by atoms with Gasteiger partial charge in [0.1, 0.15) is 0 Å². The molecule has 0 saturated carbocycles. The molecule has 21 heavy (non-hydrogen) atoms. The number of hydrogen-bond acceptors (Lipinski definition) is 3. The number of pyridine rings is 1. The van der Waals surface area contributed by atoms with E-state index in [4.69, 9.17) is 0 Å². The number of aryl methyl sites for hydroxylation is 1. The zero-order valence-corrected chi connectivity index (χ0v) is 11.7. The Labute approximate surface area is 122 Å². The zero-order chi connectivity index (χ0) is 14.7. The molecule has 0 atom stereocenters. The van der Waals surface area contributed by atoms with E-state index in [1.54, 1.807) is 6.07 Å². The summed E-state index contributed by atoms with van der Waals surface area (Å²) in [6.45, 7) is 2.70. The van der Waals surface area contributed by atoms with Gasteiger partial charge in [-0.2, -0.15) is 0 Å². The lowest BCUT2D eigenvalue weighted by Crippen LogP contribution is -1.99. The fourth-order valence-corrected chi connectivity index (χ4v) is 2.06. The van der Waals surface area contributed by atoms with Crippen molar-refractivity contribution in [3.8, 4) is 11.3 Å². The number of aromatic amines is 2. The minimum atomic E-state index is -0.126. The van der Waals surface area contributed by atoms with E-state index in [0.29, 0.717) is 0 Å². The Kier molecular flexibility index (Phi) is 3.55. The van der Waals surface area contributed by atoms with Crippen molar-refractivity contribution in [3.05, 3.63) is 70.3 Å². The lowest BCUT2D eigenvalue weighted by atomic mass is 10.1. The quantitative estimate of drug-likeness (QED) is 0.688. The van der Waals surface area contributed by atoms with E-state index < -0.39 is 0 Å². The summed E-state index contributed by atoms with van der Waals surface area (Å²) < 4.78 is 0. The van der Waals surface area contributed by atoms with E-state index in [9.17, 15) is 4.79 Å². The van der Waals surface area contributed by atoms with Gasteiger partial charge in [0.25, 0.3) is 5.56 Å². The van der Waals surface area contributed by atoms with Crippen molar-refractivity contribution < 1.29 is 0 Å². The first-order valence-corrected chi connectivity index (χ1v) is 6.74. The maximum atomic E-state index is 11.1. The average molecular weight is 280 g/mol. The summed E-state index contributed by atoms with van der Waals surface area (Å²) in [5.74, 6) is 0. The second-order valence-electron chi connectivity index (χ2n) is 4.91. The Morgan fingerprint density at radius 3 is 2.52 bits per heavy atom. The Morgan fingerprint density at radius 1 is 1.10 bits per heavy atom. The molecule has 0 amide bonds. The highest BCUT2D eigenvalue weighted by atomic mass is 16.1. The van der Waals surface area contributed by atoms with E-state index in [2.05, 4.69) is 26.6 Å². The van der Waals surface area contributed by atoms with Gasteiger partial charge in [-0.3, -0.25) is 20.0 Å². The monoisotopic (exact) mass is 280 g/mol. The van der Waals surface area contributed by atoms with Gasteiger partial charge in [0.2, 0.25) is 0 Å². The maximum Gasteiger partial charge on any atom is 0.264 e. The zero-order valence-electron chi connectivity index (χ0n) is 11.7. The van der Waals surface area contributed by atoms with Gasteiger partial charge >= 0.3 is 0 Å². The van der Waals surface area contributed by atoms with Crippen LogP contribution in [0.15, 0.2) is 53.5 Å². The van der Waals surface area contributed by atoms with Crippen LogP contribution >= 0.6 is 0 Å². The predicted molar refractivity (Wildman–Crippen MR) is 83.2 cm³/mol. The van der Waals surface area contributed by atoms with Gasteiger partial charge < -0.3 is 5.32 Å². The van der Waals surface area contributed by atoms with E-state index in [1.165, 1.54) is 0 Å². The van der Waals surface area contributed by atoms with Crippen LogP contribution in [0, 0.1) is 6.92 Å². The van der Waals surface area contributed by atoms with Gasteiger partial charge in [-0.15, -0.1) is 0 Å². The van der Waals surface area contributed by atoms with Crippen molar-refractivity contribution in [2.24, 2.45) is 0 Å². The van der Waals surface area contributed by atoms with Crippen molar-refractivity contribution in [3.63, 3.8) is 0 Å². The third-order valence-electron chi connectivity index (χ3n) is 3.26. The predicted octanol–water partition coefficient (Wildman–Crippen LogP) is 2.69. The van der Waals surface area contributed by atoms with Gasteiger partial charge in [0.15, 0.2) is 0 Å². The maximum absolute atomic E-state index is 11.1. The summed E-state index contributed by atoms with van der Waals surface area (Å²) in [6, 6.07) is 13.5. The molecule has 2 aromatic heterocycles. The molecule has 2 heterocycles. The molecule has 3 N–H and O–H groups in total. The number of rotatable bonds is 4. The van der Waals surface area contributed by atoms with Gasteiger partial charge in [-0.25, -0.2) is 0 Å². The minimum Gasteiger partial charge on any atom is -0.381 e. The van der Waals surface area contributed by atoms with Crippen LogP contribution in [0.3, 0.4) is 0 Å². The van der Waals surface area contributed by atoms with Crippen LogP contribution in [-0.2, 0) is 6.54 Å². The summed E-state index contributed by atoms with van der Waals surface area (Å²) in [5.41, 5.74) is 4.81. The van der Waals surface area contributed by atoms with E-state index in [-0.39, 0.29) is 5.56 Å². The van der Waals surface area contributed by atoms with Crippen LogP contribution in [0.2, 0.25) is 0 Å². The molecule has 1 aromatic carbocycles. The van der Waals surface area contributed by atoms with Crippen LogP contribution in [0.1, 0.15) is 11.3 Å². The number of benzene rings is 1. The molecule has 0 spiro atoms. The fourth-order valence-electron chi connectivity index (χ4n) is 2.06. The summed E-state index contributed by atoms with van der Waals surface area (Å²) in [4.78, 5) is 15.4. The average Bonchev–Trinajstić information content (AvgIpc) is 2.94. The van der Waals surface area contributed by atoms with E-state index in [1.807, 2.05) is 43.5 Å². The van der Waals surface area contributed by atoms with Crippen LogP contribution in [0.4, 0.5) is 5.69 Å². The number of hydrogen-bond donors (Lipinski definition) is 3. The summed E-state index contributed by atoms with van der Waals surface area (Å²) >= 11 is 0. The highest BCUT2D eigenvalue weighted by molar-refractivity contribution is 5.62. The topological polar surface area (TPSA) is 73.6 Å². The van der Waals surface area contributed by atoms with Crippen molar-refractivity contribution in [2.75, 3.05) is 5.32 Å². The third-order valence-corrected chi connectivity index (χ3v) is 3.26. The molecule has 0 aliphatic heterocycles. The normalized spacial score (nSPS) is 10.5. The molecule has 0 unspecified atom stereocenters. The molecule has 5 nitrogen and oxygen atoms in total. The first-order chi connectivity index (χ1) is 10.2. The molecule has 0 fully saturated rings. The second kappa shape index (κ2) is 5.66. The Balaban J connectivity index is 1.67. The van der Waals surface area contributed by atoms with Gasteiger partial charge in [-0.1, -0.05) is 18.2 Å². The molecule has 0 aliphatic rings. The van der Waals surface area contributed by atoms with Gasteiger partial charge in [-0.05, 0) is 36.2 Å².